The average molecular weight is 354 g/mol. The zero-order valence-corrected chi connectivity index (χ0v) is 15.5. The molecule has 1 unspecified atom stereocenters. The molecule has 0 radical (unpaired) electrons. The lowest BCUT2D eigenvalue weighted by Crippen LogP contribution is -2.15. The van der Waals surface area contributed by atoms with Gasteiger partial charge in [-0.15, -0.1) is 0 Å². The van der Waals surface area contributed by atoms with E-state index in [1.54, 1.807) is 6.92 Å². The fourth-order valence-electron chi connectivity index (χ4n) is 3.22. The van der Waals surface area contributed by atoms with Gasteiger partial charge in [-0.1, -0.05) is 24.8 Å². The van der Waals surface area contributed by atoms with Gasteiger partial charge in [-0.3, -0.25) is 4.79 Å². The Bertz CT molecular complexity index is 816. The van der Waals surface area contributed by atoms with Gasteiger partial charge in [0, 0.05) is 12.0 Å². The van der Waals surface area contributed by atoms with Gasteiger partial charge >= 0.3 is 0 Å². The number of hydrogen-bond acceptors (Lipinski definition) is 4. The van der Waals surface area contributed by atoms with Crippen molar-refractivity contribution in [1.82, 2.24) is 0 Å². The molecule has 4 heteroatoms. The topological polar surface area (TPSA) is 77.8 Å². The van der Waals surface area contributed by atoms with Gasteiger partial charge in [0.25, 0.3) is 0 Å². The third-order valence-electron chi connectivity index (χ3n) is 4.96. The minimum Gasteiger partial charge on any atom is -0.508 e. The van der Waals surface area contributed by atoms with Crippen LogP contribution in [0.1, 0.15) is 44.6 Å². The van der Waals surface area contributed by atoms with Gasteiger partial charge in [0.2, 0.25) is 0 Å². The van der Waals surface area contributed by atoms with Crippen LogP contribution in [0.25, 0.3) is 0 Å². The van der Waals surface area contributed by atoms with Crippen molar-refractivity contribution in [3.8, 4) is 11.5 Å². The number of aldehydes is 1. The monoisotopic (exact) mass is 354 g/mol. The number of aliphatic hydroxyl groups is 1. The number of carbonyl (C=O) groups excluding carboxylic acids is 1. The van der Waals surface area contributed by atoms with Gasteiger partial charge in [0.1, 0.15) is 11.5 Å². The summed E-state index contributed by atoms with van der Waals surface area (Å²) in [4.78, 5) is 11.1. The Morgan fingerprint density at radius 1 is 1.12 bits per heavy atom. The number of benzene rings is 2. The molecule has 0 fully saturated rings. The van der Waals surface area contributed by atoms with Crippen LogP contribution in [-0.4, -0.2) is 27.7 Å². The van der Waals surface area contributed by atoms with Crippen LogP contribution in [0.15, 0.2) is 36.4 Å². The predicted molar refractivity (Wildman–Crippen MR) is 103 cm³/mol. The lowest BCUT2D eigenvalue weighted by atomic mass is 9.92. The number of phenols is 2. The largest absolute Gasteiger partial charge is 0.508 e. The second-order valence-corrected chi connectivity index (χ2v) is 6.82. The molecule has 1 atom stereocenters. The first kappa shape index (κ1) is 19.7. The molecule has 0 heterocycles. The van der Waals surface area contributed by atoms with Crippen LogP contribution in [0, 0.1) is 20.8 Å². The van der Waals surface area contributed by atoms with Crippen LogP contribution in [0.3, 0.4) is 0 Å². The highest BCUT2D eigenvalue weighted by atomic mass is 16.3. The van der Waals surface area contributed by atoms with E-state index in [4.69, 9.17) is 0 Å². The van der Waals surface area contributed by atoms with Crippen LogP contribution in [0.2, 0.25) is 0 Å². The molecule has 2 aromatic carbocycles. The van der Waals surface area contributed by atoms with Gasteiger partial charge < -0.3 is 15.3 Å². The zero-order valence-electron chi connectivity index (χ0n) is 15.5. The maximum atomic E-state index is 11.1. The predicted octanol–water partition coefficient (Wildman–Crippen LogP) is 3.93. The highest BCUT2D eigenvalue weighted by molar-refractivity contribution is 5.83. The molecule has 0 aromatic heterocycles. The molecule has 0 bridgehead atoms. The molecule has 26 heavy (non-hydrogen) atoms. The van der Waals surface area contributed by atoms with Gasteiger partial charge in [-0.25, -0.2) is 0 Å². The molecule has 2 rings (SSSR count). The van der Waals surface area contributed by atoms with Crippen molar-refractivity contribution in [3.63, 3.8) is 0 Å². The third kappa shape index (κ3) is 4.14. The lowest BCUT2D eigenvalue weighted by molar-refractivity contribution is 0.112. The van der Waals surface area contributed by atoms with Crippen molar-refractivity contribution in [2.24, 2.45) is 0 Å². The van der Waals surface area contributed by atoms with E-state index in [1.165, 1.54) is 22.8 Å². The first-order valence-corrected chi connectivity index (χ1v) is 8.66. The molecule has 3 N–H and O–H groups in total. The number of aryl methyl sites for hydroxylation is 3. The molecule has 0 spiro atoms. The number of aromatic hydroxyl groups is 2. The van der Waals surface area contributed by atoms with E-state index >= 15 is 0 Å². The Balaban J connectivity index is 2.12. The van der Waals surface area contributed by atoms with E-state index in [0.717, 1.165) is 6.42 Å². The van der Waals surface area contributed by atoms with Gasteiger partial charge in [-0.2, -0.15) is 0 Å². The fourth-order valence-corrected chi connectivity index (χ4v) is 3.22. The quantitative estimate of drug-likeness (QED) is 0.520. The molecule has 0 amide bonds. The number of rotatable bonds is 7. The molecule has 0 aliphatic heterocycles. The van der Waals surface area contributed by atoms with Crippen LogP contribution >= 0.6 is 0 Å². The first-order valence-electron chi connectivity index (χ1n) is 8.66. The minimum atomic E-state index is -0.918. The Labute approximate surface area is 154 Å². The van der Waals surface area contributed by atoms with Crippen LogP contribution in [0.5, 0.6) is 11.5 Å². The first-order chi connectivity index (χ1) is 12.3. The molecular weight excluding hydrogens is 328 g/mol. The summed E-state index contributed by atoms with van der Waals surface area (Å²) in [6.45, 7) is 9.71. The molecule has 2 aromatic rings. The number of phenolic OH excluding ortho intramolecular Hbond substituents is 2. The van der Waals surface area contributed by atoms with E-state index < -0.39 is 6.10 Å². The van der Waals surface area contributed by atoms with Gasteiger partial charge in [0.15, 0.2) is 6.29 Å². The Kier molecular flexibility index (Phi) is 6.22. The van der Waals surface area contributed by atoms with Crippen molar-refractivity contribution in [1.29, 1.82) is 0 Å². The summed E-state index contributed by atoms with van der Waals surface area (Å²) in [5.41, 5.74) is 5.06. The summed E-state index contributed by atoms with van der Waals surface area (Å²) in [6, 6.07) is 7.56. The number of aliphatic hydroxyl groups excluding tert-OH is 1. The second-order valence-electron chi connectivity index (χ2n) is 6.82. The fraction of sp³-hybridized carbons (Fsp3) is 0.318. The normalized spacial score (nSPS) is 12.0. The SMILES string of the molecule is C=C(CCc1c(C)cccc1C)C(O)Cc1c(O)cc(C)c(C=O)c1O. The number of carbonyl (C=O) groups is 1. The Hall–Kier alpha value is -2.59. The van der Waals surface area contributed by atoms with Crippen molar-refractivity contribution in [2.45, 2.75) is 46.1 Å². The van der Waals surface area contributed by atoms with Gasteiger partial charge in [0.05, 0.1) is 11.7 Å². The van der Waals surface area contributed by atoms with Crippen molar-refractivity contribution in [2.75, 3.05) is 0 Å². The van der Waals surface area contributed by atoms with E-state index in [-0.39, 0.29) is 29.0 Å². The van der Waals surface area contributed by atoms with Crippen molar-refractivity contribution < 1.29 is 20.1 Å². The molecule has 0 aliphatic carbocycles. The third-order valence-corrected chi connectivity index (χ3v) is 4.96. The van der Waals surface area contributed by atoms with E-state index in [0.29, 0.717) is 23.8 Å². The van der Waals surface area contributed by atoms with E-state index in [1.807, 2.05) is 6.07 Å². The zero-order chi connectivity index (χ0) is 19.4. The molecule has 0 saturated carbocycles. The smallest absolute Gasteiger partial charge is 0.154 e. The Morgan fingerprint density at radius 3 is 2.31 bits per heavy atom. The number of hydrogen-bond donors (Lipinski definition) is 3. The van der Waals surface area contributed by atoms with Crippen molar-refractivity contribution in [3.05, 3.63) is 69.8 Å². The molecular formula is C22H26O4. The highest BCUT2D eigenvalue weighted by Crippen LogP contribution is 2.34. The van der Waals surface area contributed by atoms with E-state index in [9.17, 15) is 20.1 Å². The molecule has 4 nitrogen and oxygen atoms in total. The summed E-state index contributed by atoms with van der Waals surface area (Å²) in [5.74, 6) is -0.411. The second kappa shape index (κ2) is 8.19. The maximum Gasteiger partial charge on any atom is 0.154 e. The van der Waals surface area contributed by atoms with Crippen LogP contribution < -0.4 is 0 Å². The van der Waals surface area contributed by atoms with Crippen LogP contribution in [0.4, 0.5) is 0 Å². The van der Waals surface area contributed by atoms with E-state index in [2.05, 4.69) is 32.6 Å². The summed E-state index contributed by atoms with van der Waals surface area (Å²) in [7, 11) is 0. The minimum absolute atomic E-state index is 0.00434. The molecule has 0 saturated heterocycles. The molecule has 138 valence electrons. The average Bonchev–Trinajstić information content (AvgIpc) is 2.58. The Morgan fingerprint density at radius 2 is 1.73 bits per heavy atom. The summed E-state index contributed by atoms with van der Waals surface area (Å²) in [5, 5.41) is 30.8. The standard InChI is InChI=1S/C22H26O4/c1-13-6-5-7-14(2)17(13)9-8-15(3)20(24)11-18-21(25)10-16(4)19(12-23)22(18)26/h5-7,10,12,20,24-26H,3,8-9,11H2,1-2,4H3. The van der Waals surface area contributed by atoms with Crippen LogP contribution in [-0.2, 0) is 12.8 Å². The maximum absolute atomic E-state index is 11.1. The summed E-state index contributed by atoms with van der Waals surface area (Å²) >= 11 is 0. The molecule has 0 aliphatic rings. The van der Waals surface area contributed by atoms with Crippen molar-refractivity contribution >= 4 is 6.29 Å². The van der Waals surface area contributed by atoms with Gasteiger partial charge in [-0.05, 0) is 67.5 Å². The summed E-state index contributed by atoms with van der Waals surface area (Å²) < 4.78 is 0. The lowest BCUT2D eigenvalue weighted by Gasteiger charge is -2.18. The highest BCUT2D eigenvalue weighted by Gasteiger charge is 2.20. The summed E-state index contributed by atoms with van der Waals surface area (Å²) in [6.07, 6.45) is 0.999.